The van der Waals surface area contributed by atoms with Gasteiger partial charge in [-0.1, -0.05) is 0 Å². The number of carbonyl (C=O) groups excluding carboxylic acids is 1. The number of ether oxygens (including phenoxy) is 1. The fourth-order valence-corrected chi connectivity index (χ4v) is 4.07. The number of nitrogens with zero attached hydrogens (tertiary/aromatic N) is 4. The van der Waals surface area contributed by atoms with Crippen LogP contribution >= 0.6 is 0 Å². The van der Waals surface area contributed by atoms with Gasteiger partial charge in [-0.05, 0) is 19.8 Å². The molecule has 3 aliphatic rings. The molecule has 3 aliphatic heterocycles. The molecule has 0 radical (unpaired) electrons. The summed E-state index contributed by atoms with van der Waals surface area (Å²) < 4.78 is 5.35. The standard InChI is InChI=1S/C17H25N5O2/c1-12-6-16(19-11-18-12)21-7-13-9-22(10-14(13)8-21)17(23)20-15-2-4-24-5-3-15/h6,11,13-15H,2-5,7-10H2,1H3,(H,20,23). The lowest BCUT2D eigenvalue weighted by Crippen LogP contribution is -2.46. The zero-order chi connectivity index (χ0) is 16.5. The molecule has 1 N–H and O–H groups in total. The number of hydrogen-bond acceptors (Lipinski definition) is 5. The molecule has 7 nitrogen and oxygen atoms in total. The molecule has 4 heterocycles. The highest BCUT2D eigenvalue weighted by Crippen LogP contribution is 2.33. The smallest absolute Gasteiger partial charge is 0.317 e. The summed E-state index contributed by atoms with van der Waals surface area (Å²) in [5.41, 5.74) is 0.995. The summed E-state index contributed by atoms with van der Waals surface area (Å²) in [4.78, 5) is 25.4. The fraction of sp³-hybridized carbons (Fsp3) is 0.706. The van der Waals surface area contributed by atoms with Gasteiger partial charge in [-0.2, -0.15) is 0 Å². The van der Waals surface area contributed by atoms with Crippen LogP contribution < -0.4 is 10.2 Å². The third-order valence-electron chi connectivity index (χ3n) is 5.44. The van der Waals surface area contributed by atoms with Gasteiger partial charge in [0, 0.05) is 69.0 Å². The molecule has 3 fully saturated rings. The molecule has 7 heteroatoms. The Morgan fingerprint density at radius 3 is 2.54 bits per heavy atom. The second-order valence-corrected chi connectivity index (χ2v) is 7.18. The number of anilines is 1. The lowest BCUT2D eigenvalue weighted by atomic mass is 10.0. The maximum absolute atomic E-state index is 12.5. The number of aromatic nitrogens is 2. The van der Waals surface area contributed by atoms with Crippen molar-refractivity contribution in [3.8, 4) is 0 Å². The van der Waals surface area contributed by atoms with Crippen LogP contribution in [-0.4, -0.2) is 66.3 Å². The molecule has 24 heavy (non-hydrogen) atoms. The van der Waals surface area contributed by atoms with E-state index in [0.29, 0.717) is 11.8 Å². The Balaban J connectivity index is 1.31. The molecule has 0 spiro atoms. The van der Waals surface area contributed by atoms with Gasteiger partial charge in [-0.25, -0.2) is 14.8 Å². The fourth-order valence-electron chi connectivity index (χ4n) is 4.07. The summed E-state index contributed by atoms with van der Waals surface area (Å²) in [5, 5.41) is 3.17. The van der Waals surface area contributed by atoms with Crippen molar-refractivity contribution in [1.82, 2.24) is 20.2 Å². The maximum Gasteiger partial charge on any atom is 0.317 e. The zero-order valence-electron chi connectivity index (χ0n) is 14.1. The molecule has 0 saturated carbocycles. The molecule has 2 amide bonds. The second kappa shape index (κ2) is 6.55. The molecule has 3 saturated heterocycles. The summed E-state index contributed by atoms with van der Waals surface area (Å²) in [6, 6.07) is 2.41. The predicted octanol–water partition coefficient (Wildman–Crippen LogP) is 1.04. The first-order valence-corrected chi connectivity index (χ1v) is 8.86. The first kappa shape index (κ1) is 15.6. The van der Waals surface area contributed by atoms with Crippen molar-refractivity contribution in [3.63, 3.8) is 0 Å². The van der Waals surface area contributed by atoms with Crippen molar-refractivity contribution in [2.24, 2.45) is 11.8 Å². The molecular formula is C17H25N5O2. The normalized spacial score (nSPS) is 27.4. The van der Waals surface area contributed by atoms with E-state index in [2.05, 4.69) is 20.2 Å². The third-order valence-corrected chi connectivity index (χ3v) is 5.44. The lowest BCUT2D eigenvalue weighted by Gasteiger charge is -2.27. The summed E-state index contributed by atoms with van der Waals surface area (Å²) in [6.45, 7) is 7.14. The van der Waals surface area contributed by atoms with E-state index in [-0.39, 0.29) is 12.1 Å². The van der Waals surface area contributed by atoms with Crippen LogP contribution in [-0.2, 0) is 4.74 Å². The number of likely N-dealkylation sites (tertiary alicyclic amines) is 1. The number of nitrogens with one attached hydrogen (secondary N) is 1. The molecule has 0 aliphatic carbocycles. The summed E-state index contributed by atoms with van der Waals surface area (Å²) in [7, 11) is 0. The summed E-state index contributed by atoms with van der Waals surface area (Å²) in [6.07, 6.45) is 3.48. The Labute approximate surface area is 142 Å². The van der Waals surface area contributed by atoms with E-state index < -0.39 is 0 Å². The van der Waals surface area contributed by atoms with Crippen LogP contribution in [0.25, 0.3) is 0 Å². The van der Waals surface area contributed by atoms with Crippen molar-refractivity contribution in [3.05, 3.63) is 18.1 Å². The van der Waals surface area contributed by atoms with E-state index in [0.717, 1.165) is 63.7 Å². The first-order chi connectivity index (χ1) is 11.7. The van der Waals surface area contributed by atoms with Gasteiger partial charge in [0.1, 0.15) is 12.1 Å². The monoisotopic (exact) mass is 331 g/mol. The van der Waals surface area contributed by atoms with Crippen LogP contribution in [0.15, 0.2) is 12.4 Å². The Morgan fingerprint density at radius 2 is 1.88 bits per heavy atom. The van der Waals surface area contributed by atoms with Crippen LogP contribution in [0, 0.1) is 18.8 Å². The number of hydrogen-bond donors (Lipinski definition) is 1. The molecular weight excluding hydrogens is 306 g/mol. The van der Waals surface area contributed by atoms with Gasteiger partial charge < -0.3 is 19.9 Å². The Morgan fingerprint density at radius 1 is 1.17 bits per heavy atom. The largest absolute Gasteiger partial charge is 0.381 e. The third kappa shape index (κ3) is 3.17. The average molecular weight is 331 g/mol. The Kier molecular flexibility index (Phi) is 4.26. The molecule has 130 valence electrons. The molecule has 1 aromatic rings. The predicted molar refractivity (Wildman–Crippen MR) is 89.9 cm³/mol. The average Bonchev–Trinajstić information content (AvgIpc) is 3.14. The van der Waals surface area contributed by atoms with Crippen molar-refractivity contribution in [1.29, 1.82) is 0 Å². The molecule has 4 rings (SSSR count). The topological polar surface area (TPSA) is 70.6 Å². The van der Waals surface area contributed by atoms with Crippen molar-refractivity contribution in [2.45, 2.75) is 25.8 Å². The number of urea groups is 1. The van der Waals surface area contributed by atoms with Gasteiger partial charge in [0.05, 0.1) is 0 Å². The van der Waals surface area contributed by atoms with Crippen molar-refractivity contribution >= 4 is 11.8 Å². The van der Waals surface area contributed by atoms with Gasteiger partial charge in [0.2, 0.25) is 0 Å². The van der Waals surface area contributed by atoms with E-state index in [9.17, 15) is 4.79 Å². The first-order valence-electron chi connectivity index (χ1n) is 8.86. The second-order valence-electron chi connectivity index (χ2n) is 7.18. The minimum absolute atomic E-state index is 0.0979. The summed E-state index contributed by atoms with van der Waals surface area (Å²) >= 11 is 0. The van der Waals surface area contributed by atoms with Crippen LogP contribution in [0.5, 0.6) is 0 Å². The maximum atomic E-state index is 12.5. The minimum atomic E-state index is 0.0979. The highest BCUT2D eigenvalue weighted by Gasteiger charge is 2.42. The van der Waals surface area contributed by atoms with E-state index in [1.54, 1.807) is 6.33 Å². The quantitative estimate of drug-likeness (QED) is 0.877. The van der Waals surface area contributed by atoms with Gasteiger partial charge >= 0.3 is 6.03 Å². The number of fused-ring (bicyclic) bond motifs is 1. The van der Waals surface area contributed by atoms with Crippen LogP contribution in [0.2, 0.25) is 0 Å². The van der Waals surface area contributed by atoms with Crippen LogP contribution in [0.1, 0.15) is 18.5 Å². The van der Waals surface area contributed by atoms with Crippen molar-refractivity contribution in [2.75, 3.05) is 44.3 Å². The molecule has 2 unspecified atom stereocenters. The molecule has 2 atom stereocenters. The van der Waals surface area contributed by atoms with Gasteiger partial charge in [0.15, 0.2) is 0 Å². The van der Waals surface area contributed by atoms with E-state index >= 15 is 0 Å². The van der Waals surface area contributed by atoms with E-state index in [1.807, 2.05) is 17.9 Å². The van der Waals surface area contributed by atoms with E-state index in [4.69, 9.17) is 4.74 Å². The lowest BCUT2D eigenvalue weighted by molar-refractivity contribution is 0.0784. The number of rotatable bonds is 2. The van der Waals surface area contributed by atoms with Crippen molar-refractivity contribution < 1.29 is 9.53 Å². The number of amides is 2. The number of carbonyl (C=O) groups is 1. The Hall–Kier alpha value is -1.89. The highest BCUT2D eigenvalue weighted by molar-refractivity contribution is 5.75. The van der Waals surface area contributed by atoms with Gasteiger partial charge in [-0.15, -0.1) is 0 Å². The van der Waals surface area contributed by atoms with Gasteiger partial charge in [-0.3, -0.25) is 0 Å². The van der Waals surface area contributed by atoms with E-state index in [1.165, 1.54) is 0 Å². The molecule has 1 aromatic heterocycles. The van der Waals surface area contributed by atoms with Gasteiger partial charge in [0.25, 0.3) is 0 Å². The minimum Gasteiger partial charge on any atom is -0.381 e. The molecule has 0 aromatic carbocycles. The zero-order valence-corrected chi connectivity index (χ0v) is 14.1. The highest BCUT2D eigenvalue weighted by atomic mass is 16.5. The Bertz CT molecular complexity index is 590. The van der Waals surface area contributed by atoms with Crippen LogP contribution in [0.3, 0.4) is 0 Å². The summed E-state index contributed by atoms with van der Waals surface area (Å²) in [5.74, 6) is 2.09. The van der Waals surface area contributed by atoms with Crippen LogP contribution in [0.4, 0.5) is 10.6 Å². The number of aryl methyl sites for hydroxylation is 1. The molecule has 0 bridgehead atoms. The SMILES string of the molecule is Cc1cc(N2CC3CN(C(=O)NC4CCOCC4)CC3C2)ncn1.